The maximum Gasteiger partial charge on any atom is 0.236 e. The molecule has 1 aliphatic rings. The number of carbonyl (C=O) groups excluding carboxylic acids is 2. The van der Waals surface area contributed by atoms with Gasteiger partial charge in [0, 0.05) is 25.4 Å². The highest BCUT2D eigenvalue weighted by molar-refractivity contribution is 6.04. The first-order valence-electron chi connectivity index (χ1n) is 7.85. The van der Waals surface area contributed by atoms with E-state index in [1.807, 2.05) is 38.1 Å². The van der Waals surface area contributed by atoms with Crippen molar-refractivity contribution in [2.75, 3.05) is 24.6 Å². The minimum Gasteiger partial charge on any atom is -0.376 e. The topological polar surface area (TPSA) is 58.6 Å². The third-order valence-corrected chi connectivity index (χ3v) is 3.79. The summed E-state index contributed by atoms with van der Waals surface area (Å²) in [7, 11) is 0. The standard InChI is InChI=1S/C17H24N2O3/c1-3-19(14-7-4-6-13(2)10-14)17(21)11-16(20)18-12-15-8-5-9-22-15/h4,6-7,10,15H,3,5,8-9,11-12H2,1-2H3,(H,18,20). The number of aryl methyl sites for hydroxylation is 1. The zero-order chi connectivity index (χ0) is 15.9. The monoisotopic (exact) mass is 304 g/mol. The second-order valence-electron chi connectivity index (χ2n) is 5.59. The highest BCUT2D eigenvalue weighted by Gasteiger charge is 2.20. The van der Waals surface area contributed by atoms with E-state index in [0.717, 1.165) is 30.7 Å². The highest BCUT2D eigenvalue weighted by Crippen LogP contribution is 2.16. The number of anilines is 1. The molecule has 2 amide bonds. The lowest BCUT2D eigenvalue weighted by atomic mass is 10.2. The van der Waals surface area contributed by atoms with Crippen LogP contribution in [-0.4, -0.2) is 37.6 Å². The molecule has 1 aliphatic heterocycles. The molecule has 5 heteroatoms. The minimum atomic E-state index is -0.244. The van der Waals surface area contributed by atoms with E-state index in [0.29, 0.717) is 13.1 Å². The van der Waals surface area contributed by atoms with Crippen molar-refractivity contribution < 1.29 is 14.3 Å². The summed E-state index contributed by atoms with van der Waals surface area (Å²) in [5, 5.41) is 2.79. The van der Waals surface area contributed by atoms with Crippen LogP contribution in [0.15, 0.2) is 24.3 Å². The summed E-state index contributed by atoms with van der Waals surface area (Å²) in [6.07, 6.45) is 1.97. The van der Waals surface area contributed by atoms with E-state index in [4.69, 9.17) is 4.74 Å². The Kier molecular flexibility index (Phi) is 5.95. The van der Waals surface area contributed by atoms with Gasteiger partial charge in [0.1, 0.15) is 6.42 Å². The predicted octanol–water partition coefficient (Wildman–Crippen LogP) is 2.03. The molecule has 1 fully saturated rings. The summed E-state index contributed by atoms with van der Waals surface area (Å²) >= 11 is 0. The van der Waals surface area contributed by atoms with E-state index in [-0.39, 0.29) is 24.3 Å². The molecule has 1 heterocycles. The van der Waals surface area contributed by atoms with E-state index in [2.05, 4.69) is 5.32 Å². The summed E-state index contributed by atoms with van der Waals surface area (Å²) in [6.45, 7) is 5.68. The fraction of sp³-hybridized carbons (Fsp3) is 0.529. The molecule has 1 N–H and O–H groups in total. The number of amides is 2. The molecular formula is C17H24N2O3. The van der Waals surface area contributed by atoms with E-state index < -0.39 is 0 Å². The predicted molar refractivity (Wildman–Crippen MR) is 85.8 cm³/mol. The van der Waals surface area contributed by atoms with Crippen LogP contribution in [0.1, 0.15) is 31.7 Å². The molecule has 0 bridgehead atoms. The maximum atomic E-state index is 12.3. The van der Waals surface area contributed by atoms with Gasteiger partial charge in [0.2, 0.25) is 11.8 Å². The molecule has 0 saturated carbocycles. The third-order valence-electron chi connectivity index (χ3n) is 3.79. The summed E-state index contributed by atoms with van der Waals surface area (Å²) in [5.41, 5.74) is 1.92. The third kappa shape index (κ3) is 4.56. The van der Waals surface area contributed by atoms with Gasteiger partial charge in [-0.25, -0.2) is 0 Å². The van der Waals surface area contributed by atoms with Gasteiger partial charge in [-0.1, -0.05) is 12.1 Å². The smallest absolute Gasteiger partial charge is 0.236 e. The number of rotatable bonds is 6. The zero-order valence-corrected chi connectivity index (χ0v) is 13.3. The Labute approximate surface area is 131 Å². The largest absolute Gasteiger partial charge is 0.376 e. The molecule has 1 unspecified atom stereocenters. The number of benzene rings is 1. The quantitative estimate of drug-likeness (QED) is 0.818. The average Bonchev–Trinajstić information content (AvgIpc) is 2.99. The Bertz CT molecular complexity index is 524. The fourth-order valence-corrected chi connectivity index (χ4v) is 2.63. The summed E-state index contributed by atoms with van der Waals surface area (Å²) in [5.74, 6) is -0.426. The van der Waals surface area contributed by atoms with Crippen LogP contribution in [-0.2, 0) is 14.3 Å². The van der Waals surface area contributed by atoms with Gasteiger partial charge in [-0.2, -0.15) is 0 Å². The second-order valence-corrected chi connectivity index (χ2v) is 5.59. The molecule has 0 radical (unpaired) electrons. The van der Waals surface area contributed by atoms with Gasteiger partial charge in [-0.3, -0.25) is 9.59 Å². The first-order valence-corrected chi connectivity index (χ1v) is 7.85. The van der Waals surface area contributed by atoms with Crippen molar-refractivity contribution in [3.63, 3.8) is 0 Å². The van der Waals surface area contributed by atoms with Gasteiger partial charge in [0.05, 0.1) is 6.10 Å². The molecule has 1 aromatic rings. The van der Waals surface area contributed by atoms with Crippen molar-refractivity contribution in [1.82, 2.24) is 5.32 Å². The molecule has 1 saturated heterocycles. The van der Waals surface area contributed by atoms with Crippen LogP contribution >= 0.6 is 0 Å². The lowest BCUT2D eigenvalue weighted by Gasteiger charge is -2.21. The molecule has 0 aliphatic carbocycles. The van der Waals surface area contributed by atoms with Gasteiger partial charge in [0.15, 0.2) is 0 Å². The van der Waals surface area contributed by atoms with Crippen LogP contribution in [0.4, 0.5) is 5.69 Å². The van der Waals surface area contributed by atoms with Crippen molar-refractivity contribution >= 4 is 17.5 Å². The highest BCUT2D eigenvalue weighted by atomic mass is 16.5. The molecular weight excluding hydrogens is 280 g/mol. The molecule has 1 aromatic carbocycles. The van der Waals surface area contributed by atoms with Crippen LogP contribution in [0.3, 0.4) is 0 Å². The van der Waals surface area contributed by atoms with Crippen LogP contribution < -0.4 is 10.2 Å². The summed E-state index contributed by atoms with van der Waals surface area (Å²) < 4.78 is 5.45. The zero-order valence-electron chi connectivity index (χ0n) is 13.3. The Morgan fingerprint density at radius 3 is 2.86 bits per heavy atom. The van der Waals surface area contributed by atoms with Crippen molar-refractivity contribution in [3.05, 3.63) is 29.8 Å². The Morgan fingerprint density at radius 1 is 1.41 bits per heavy atom. The molecule has 1 atom stereocenters. The van der Waals surface area contributed by atoms with Crippen LogP contribution in [0, 0.1) is 6.92 Å². The van der Waals surface area contributed by atoms with Crippen molar-refractivity contribution in [1.29, 1.82) is 0 Å². The lowest BCUT2D eigenvalue weighted by Crippen LogP contribution is -2.38. The summed E-state index contributed by atoms with van der Waals surface area (Å²) in [4.78, 5) is 25.9. The molecule has 0 aromatic heterocycles. The maximum absolute atomic E-state index is 12.3. The normalized spacial score (nSPS) is 17.3. The first-order chi connectivity index (χ1) is 10.6. The van der Waals surface area contributed by atoms with Crippen molar-refractivity contribution in [2.24, 2.45) is 0 Å². The Balaban J connectivity index is 1.87. The van der Waals surface area contributed by atoms with E-state index in [1.165, 1.54) is 0 Å². The fourth-order valence-electron chi connectivity index (χ4n) is 2.63. The number of carbonyl (C=O) groups is 2. The summed E-state index contributed by atoms with van der Waals surface area (Å²) in [6, 6.07) is 7.73. The SMILES string of the molecule is CCN(C(=O)CC(=O)NCC1CCCO1)c1cccc(C)c1. The van der Waals surface area contributed by atoms with E-state index >= 15 is 0 Å². The van der Waals surface area contributed by atoms with Gasteiger partial charge in [-0.05, 0) is 44.4 Å². The number of nitrogens with one attached hydrogen (secondary N) is 1. The second kappa shape index (κ2) is 7.94. The van der Waals surface area contributed by atoms with E-state index in [9.17, 15) is 9.59 Å². The van der Waals surface area contributed by atoms with Gasteiger partial charge < -0.3 is 15.0 Å². The van der Waals surface area contributed by atoms with Gasteiger partial charge >= 0.3 is 0 Å². The first kappa shape index (κ1) is 16.5. The van der Waals surface area contributed by atoms with Crippen LogP contribution in [0.2, 0.25) is 0 Å². The number of hydrogen-bond donors (Lipinski definition) is 1. The number of nitrogens with zero attached hydrogens (tertiary/aromatic N) is 1. The van der Waals surface area contributed by atoms with Crippen LogP contribution in [0.5, 0.6) is 0 Å². The van der Waals surface area contributed by atoms with Gasteiger partial charge in [0.25, 0.3) is 0 Å². The van der Waals surface area contributed by atoms with Crippen molar-refractivity contribution in [2.45, 2.75) is 39.2 Å². The Hall–Kier alpha value is -1.88. The molecule has 0 spiro atoms. The minimum absolute atomic E-state index is 0.0955. The molecule has 22 heavy (non-hydrogen) atoms. The van der Waals surface area contributed by atoms with Crippen LogP contribution in [0.25, 0.3) is 0 Å². The van der Waals surface area contributed by atoms with Gasteiger partial charge in [-0.15, -0.1) is 0 Å². The Morgan fingerprint density at radius 2 is 2.23 bits per heavy atom. The number of ether oxygens (including phenoxy) is 1. The molecule has 120 valence electrons. The van der Waals surface area contributed by atoms with Crippen molar-refractivity contribution in [3.8, 4) is 0 Å². The lowest BCUT2D eigenvalue weighted by molar-refractivity contribution is -0.128. The molecule has 2 rings (SSSR count). The average molecular weight is 304 g/mol. The van der Waals surface area contributed by atoms with E-state index in [1.54, 1.807) is 4.90 Å². The number of hydrogen-bond acceptors (Lipinski definition) is 3. The molecule has 5 nitrogen and oxygen atoms in total.